The standard InChI is InChI=1S/C18H22N2/c1-2-5-13-8-10-20-11-9-15-14-6-3-4-7-16(14)19-18(15)17(20)12-13/h3-4,6-8,17,19H,2,5,9-12H2,1H3. The van der Waals surface area contributed by atoms with Crippen molar-refractivity contribution in [3.8, 4) is 0 Å². The van der Waals surface area contributed by atoms with Crippen molar-refractivity contribution in [1.82, 2.24) is 9.88 Å². The number of aromatic nitrogens is 1. The lowest BCUT2D eigenvalue weighted by molar-refractivity contribution is 0.189. The van der Waals surface area contributed by atoms with Gasteiger partial charge in [-0.15, -0.1) is 0 Å². The molecule has 3 heterocycles. The van der Waals surface area contributed by atoms with Crippen LogP contribution in [0.2, 0.25) is 0 Å². The fourth-order valence-corrected chi connectivity index (χ4v) is 3.92. The second-order valence-corrected chi connectivity index (χ2v) is 6.14. The van der Waals surface area contributed by atoms with E-state index < -0.39 is 0 Å². The van der Waals surface area contributed by atoms with Crippen molar-refractivity contribution in [2.45, 2.75) is 38.6 Å². The van der Waals surface area contributed by atoms with Crippen molar-refractivity contribution in [2.24, 2.45) is 0 Å². The van der Waals surface area contributed by atoms with E-state index >= 15 is 0 Å². The molecule has 0 amide bonds. The highest BCUT2D eigenvalue weighted by molar-refractivity contribution is 5.85. The van der Waals surface area contributed by atoms with Crippen molar-refractivity contribution in [3.05, 3.63) is 47.2 Å². The largest absolute Gasteiger partial charge is 0.357 e. The van der Waals surface area contributed by atoms with Gasteiger partial charge in [0.1, 0.15) is 0 Å². The van der Waals surface area contributed by atoms with Gasteiger partial charge in [0.2, 0.25) is 0 Å². The molecule has 2 heteroatoms. The first-order valence-electron chi connectivity index (χ1n) is 7.88. The number of H-pyrrole nitrogens is 1. The Labute approximate surface area is 120 Å². The van der Waals surface area contributed by atoms with Crippen LogP contribution in [0.5, 0.6) is 0 Å². The van der Waals surface area contributed by atoms with Crippen LogP contribution in [0.25, 0.3) is 10.9 Å². The summed E-state index contributed by atoms with van der Waals surface area (Å²) in [7, 11) is 0. The molecule has 1 N–H and O–H groups in total. The molecule has 0 bridgehead atoms. The fourth-order valence-electron chi connectivity index (χ4n) is 3.92. The van der Waals surface area contributed by atoms with E-state index in [4.69, 9.17) is 0 Å². The molecule has 0 saturated carbocycles. The maximum absolute atomic E-state index is 3.71. The van der Waals surface area contributed by atoms with Crippen LogP contribution in [-0.2, 0) is 6.42 Å². The molecule has 1 unspecified atom stereocenters. The smallest absolute Gasteiger partial charge is 0.0541 e. The summed E-state index contributed by atoms with van der Waals surface area (Å²) in [4.78, 5) is 6.34. The third-order valence-corrected chi connectivity index (χ3v) is 4.91. The van der Waals surface area contributed by atoms with Crippen LogP contribution in [0.15, 0.2) is 35.9 Å². The van der Waals surface area contributed by atoms with Crippen LogP contribution in [0.4, 0.5) is 0 Å². The topological polar surface area (TPSA) is 19.0 Å². The lowest BCUT2D eigenvalue weighted by atomic mass is 9.89. The van der Waals surface area contributed by atoms with E-state index in [-0.39, 0.29) is 0 Å². The van der Waals surface area contributed by atoms with Crippen molar-refractivity contribution in [3.63, 3.8) is 0 Å². The number of nitrogens with zero attached hydrogens (tertiary/aromatic N) is 1. The molecule has 2 nitrogen and oxygen atoms in total. The number of para-hydroxylation sites is 1. The summed E-state index contributed by atoms with van der Waals surface area (Å²) in [5, 5.41) is 1.44. The monoisotopic (exact) mass is 266 g/mol. The average molecular weight is 266 g/mol. The second-order valence-electron chi connectivity index (χ2n) is 6.14. The first-order chi connectivity index (χ1) is 9.86. The third kappa shape index (κ3) is 1.82. The van der Waals surface area contributed by atoms with Crippen LogP contribution in [0, 0.1) is 0 Å². The van der Waals surface area contributed by atoms with E-state index in [2.05, 4.69) is 47.1 Å². The molecule has 1 aromatic carbocycles. The highest BCUT2D eigenvalue weighted by Crippen LogP contribution is 2.40. The second kappa shape index (κ2) is 4.78. The van der Waals surface area contributed by atoms with Crippen LogP contribution in [-0.4, -0.2) is 23.0 Å². The molecule has 0 aliphatic carbocycles. The number of hydrogen-bond acceptors (Lipinski definition) is 1. The third-order valence-electron chi connectivity index (χ3n) is 4.91. The average Bonchev–Trinajstić information content (AvgIpc) is 2.87. The van der Waals surface area contributed by atoms with Gasteiger partial charge in [0.05, 0.1) is 6.04 Å². The van der Waals surface area contributed by atoms with Gasteiger partial charge in [0, 0.05) is 29.7 Å². The van der Waals surface area contributed by atoms with E-state index in [1.807, 2.05) is 0 Å². The Morgan fingerprint density at radius 1 is 1.30 bits per heavy atom. The Morgan fingerprint density at radius 2 is 2.20 bits per heavy atom. The number of aromatic amines is 1. The summed E-state index contributed by atoms with van der Waals surface area (Å²) in [6, 6.07) is 9.35. The predicted octanol–water partition coefficient (Wildman–Crippen LogP) is 4.20. The summed E-state index contributed by atoms with van der Waals surface area (Å²) >= 11 is 0. The molecule has 0 spiro atoms. The number of benzene rings is 1. The summed E-state index contributed by atoms with van der Waals surface area (Å²) in [6.07, 6.45) is 7.39. The minimum absolute atomic E-state index is 0.581. The molecule has 0 fully saturated rings. The van der Waals surface area contributed by atoms with Gasteiger partial charge < -0.3 is 4.98 Å². The van der Waals surface area contributed by atoms with Gasteiger partial charge in [-0.2, -0.15) is 0 Å². The maximum Gasteiger partial charge on any atom is 0.0541 e. The molecule has 4 rings (SSSR count). The van der Waals surface area contributed by atoms with Gasteiger partial charge in [0.15, 0.2) is 0 Å². The molecular formula is C18H22N2. The first-order valence-corrected chi connectivity index (χ1v) is 7.88. The Kier molecular flexibility index (Phi) is 2.92. The molecule has 2 aliphatic rings. The van der Waals surface area contributed by atoms with Crippen molar-refractivity contribution in [2.75, 3.05) is 13.1 Å². The van der Waals surface area contributed by atoms with Crippen molar-refractivity contribution >= 4 is 10.9 Å². The van der Waals surface area contributed by atoms with E-state index in [0.29, 0.717) is 6.04 Å². The van der Waals surface area contributed by atoms with Gasteiger partial charge >= 0.3 is 0 Å². The predicted molar refractivity (Wildman–Crippen MR) is 83.9 cm³/mol. The van der Waals surface area contributed by atoms with Gasteiger partial charge in [-0.05, 0) is 30.9 Å². The van der Waals surface area contributed by atoms with Crippen molar-refractivity contribution in [1.29, 1.82) is 0 Å². The quantitative estimate of drug-likeness (QED) is 0.807. The molecule has 104 valence electrons. The molecule has 20 heavy (non-hydrogen) atoms. The Hall–Kier alpha value is -1.54. The number of nitrogens with one attached hydrogen (secondary N) is 1. The summed E-state index contributed by atoms with van der Waals surface area (Å²) in [5.41, 5.74) is 6.02. The molecule has 2 aromatic rings. The minimum atomic E-state index is 0.581. The first kappa shape index (κ1) is 12.2. The summed E-state index contributed by atoms with van der Waals surface area (Å²) < 4.78 is 0. The van der Waals surface area contributed by atoms with Crippen molar-refractivity contribution < 1.29 is 0 Å². The van der Waals surface area contributed by atoms with E-state index in [9.17, 15) is 0 Å². The number of rotatable bonds is 2. The number of hydrogen-bond donors (Lipinski definition) is 1. The SMILES string of the molecule is CCCC1=CCN2CCc3c([nH]c4ccccc34)C2C1. The van der Waals surface area contributed by atoms with E-state index in [1.54, 1.807) is 11.1 Å². The molecule has 0 radical (unpaired) electrons. The van der Waals surface area contributed by atoms with Crippen LogP contribution < -0.4 is 0 Å². The van der Waals surface area contributed by atoms with Crippen LogP contribution >= 0.6 is 0 Å². The zero-order chi connectivity index (χ0) is 13.5. The minimum Gasteiger partial charge on any atom is -0.357 e. The molecule has 1 atom stereocenters. The van der Waals surface area contributed by atoms with Gasteiger partial charge in [-0.1, -0.05) is 43.2 Å². The number of fused-ring (bicyclic) bond motifs is 5. The Balaban J connectivity index is 1.76. The van der Waals surface area contributed by atoms with E-state index in [1.165, 1.54) is 48.8 Å². The molecule has 2 aliphatic heterocycles. The lowest BCUT2D eigenvalue weighted by Gasteiger charge is -2.38. The lowest BCUT2D eigenvalue weighted by Crippen LogP contribution is -2.38. The van der Waals surface area contributed by atoms with Crippen LogP contribution in [0.3, 0.4) is 0 Å². The molecule has 0 saturated heterocycles. The normalized spacial score (nSPS) is 22.4. The highest BCUT2D eigenvalue weighted by atomic mass is 15.2. The highest BCUT2D eigenvalue weighted by Gasteiger charge is 2.32. The van der Waals surface area contributed by atoms with Crippen LogP contribution in [0.1, 0.15) is 43.5 Å². The summed E-state index contributed by atoms with van der Waals surface area (Å²) in [5.74, 6) is 0. The maximum atomic E-state index is 3.71. The Bertz CT molecular complexity index is 665. The van der Waals surface area contributed by atoms with Gasteiger partial charge in [-0.25, -0.2) is 0 Å². The Morgan fingerprint density at radius 3 is 3.10 bits per heavy atom. The zero-order valence-corrected chi connectivity index (χ0v) is 12.2. The molecular weight excluding hydrogens is 244 g/mol. The van der Waals surface area contributed by atoms with Gasteiger partial charge in [0.25, 0.3) is 0 Å². The fraction of sp³-hybridized carbons (Fsp3) is 0.444. The van der Waals surface area contributed by atoms with Gasteiger partial charge in [-0.3, -0.25) is 4.90 Å². The van der Waals surface area contributed by atoms with E-state index in [0.717, 1.165) is 6.54 Å². The molecule has 1 aromatic heterocycles. The summed E-state index contributed by atoms with van der Waals surface area (Å²) in [6.45, 7) is 4.62. The zero-order valence-electron chi connectivity index (χ0n) is 12.2.